The standard InChI is InChI=1S/C17H22N4O/c22-17(20-11-5-2-6-12-20)16-14-21(19-18-16)13-7-10-15-8-3-1-4-9-15/h1,3-4,8-9,14H,2,5-7,10-13H2. The van der Waals surface area contributed by atoms with E-state index in [4.69, 9.17) is 0 Å². The number of amides is 1. The lowest BCUT2D eigenvalue weighted by Crippen LogP contribution is -2.35. The predicted octanol–water partition coefficient (Wildman–Crippen LogP) is 2.54. The van der Waals surface area contributed by atoms with Crippen molar-refractivity contribution in [3.05, 3.63) is 47.8 Å². The molecule has 0 saturated carbocycles. The Hall–Kier alpha value is -2.17. The van der Waals surface area contributed by atoms with Crippen LogP contribution in [0.2, 0.25) is 0 Å². The van der Waals surface area contributed by atoms with Crippen LogP contribution in [-0.2, 0) is 13.0 Å². The van der Waals surface area contributed by atoms with Gasteiger partial charge in [-0.15, -0.1) is 5.10 Å². The summed E-state index contributed by atoms with van der Waals surface area (Å²) < 4.78 is 1.78. The molecule has 22 heavy (non-hydrogen) atoms. The summed E-state index contributed by atoms with van der Waals surface area (Å²) in [5, 5.41) is 8.12. The van der Waals surface area contributed by atoms with Crippen molar-refractivity contribution in [2.45, 2.75) is 38.6 Å². The van der Waals surface area contributed by atoms with Crippen LogP contribution in [0.4, 0.5) is 0 Å². The van der Waals surface area contributed by atoms with Gasteiger partial charge in [-0.25, -0.2) is 0 Å². The van der Waals surface area contributed by atoms with Crippen molar-refractivity contribution in [3.8, 4) is 0 Å². The zero-order chi connectivity index (χ0) is 15.2. The van der Waals surface area contributed by atoms with E-state index < -0.39 is 0 Å². The molecule has 0 spiro atoms. The van der Waals surface area contributed by atoms with Gasteiger partial charge in [-0.3, -0.25) is 9.48 Å². The summed E-state index contributed by atoms with van der Waals surface area (Å²) in [6, 6.07) is 10.4. The fourth-order valence-corrected chi connectivity index (χ4v) is 2.85. The molecule has 0 radical (unpaired) electrons. The molecule has 1 aromatic carbocycles. The van der Waals surface area contributed by atoms with Crippen LogP contribution in [0.5, 0.6) is 0 Å². The van der Waals surface area contributed by atoms with E-state index in [1.165, 1.54) is 12.0 Å². The fraction of sp³-hybridized carbons (Fsp3) is 0.471. The number of likely N-dealkylation sites (tertiary alicyclic amines) is 1. The zero-order valence-corrected chi connectivity index (χ0v) is 12.8. The lowest BCUT2D eigenvalue weighted by atomic mass is 10.1. The van der Waals surface area contributed by atoms with Crippen molar-refractivity contribution >= 4 is 5.91 Å². The van der Waals surface area contributed by atoms with Gasteiger partial charge in [0.25, 0.3) is 5.91 Å². The summed E-state index contributed by atoms with van der Waals surface area (Å²) in [6.45, 7) is 2.48. The van der Waals surface area contributed by atoms with Gasteiger partial charge in [0, 0.05) is 19.6 Å². The number of hydrogen-bond acceptors (Lipinski definition) is 3. The SMILES string of the molecule is O=C(c1cn(CCCc2ccccc2)nn1)N1CCCCC1. The van der Waals surface area contributed by atoms with Crippen LogP contribution >= 0.6 is 0 Å². The molecular weight excluding hydrogens is 276 g/mol. The molecule has 1 aromatic heterocycles. The number of rotatable bonds is 5. The molecule has 1 fully saturated rings. The second kappa shape index (κ2) is 7.20. The number of carbonyl (C=O) groups is 1. The monoisotopic (exact) mass is 298 g/mol. The number of benzene rings is 1. The minimum Gasteiger partial charge on any atom is -0.337 e. The van der Waals surface area contributed by atoms with Gasteiger partial charge in [-0.1, -0.05) is 35.5 Å². The van der Waals surface area contributed by atoms with Crippen molar-refractivity contribution in [3.63, 3.8) is 0 Å². The molecule has 1 saturated heterocycles. The highest BCUT2D eigenvalue weighted by molar-refractivity contribution is 5.91. The van der Waals surface area contributed by atoms with Crippen molar-refractivity contribution < 1.29 is 4.79 Å². The Bertz CT molecular complexity index is 602. The van der Waals surface area contributed by atoms with Gasteiger partial charge < -0.3 is 4.90 Å². The molecule has 5 nitrogen and oxygen atoms in total. The first kappa shape index (κ1) is 14.8. The highest BCUT2D eigenvalue weighted by Crippen LogP contribution is 2.12. The molecule has 116 valence electrons. The van der Waals surface area contributed by atoms with Gasteiger partial charge in [0.1, 0.15) is 0 Å². The maximum absolute atomic E-state index is 12.3. The van der Waals surface area contributed by atoms with Crippen molar-refractivity contribution in [1.29, 1.82) is 0 Å². The molecule has 1 aliphatic heterocycles. The number of aryl methyl sites for hydroxylation is 2. The Labute approximate surface area is 130 Å². The Balaban J connectivity index is 1.51. The minimum absolute atomic E-state index is 0.0222. The maximum Gasteiger partial charge on any atom is 0.276 e. The third-order valence-electron chi connectivity index (χ3n) is 4.10. The Morgan fingerprint density at radius 3 is 2.64 bits per heavy atom. The van der Waals surface area contributed by atoms with E-state index in [0.717, 1.165) is 45.3 Å². The molecule has 3 rings (SSSR count). The van der Waals surface area contributed by atoms with Crippen LogP contribution in [0.3, 0.4) is 0 Å². The van der Waals surface area contributed by atoms with E-state index in [0.29, 0.717) is 5.69 Å². The molecular formula is C17H22N4O. The number of piperidine rings is 1. The number of hydrogen-bond donors (Lipinski definition) is 0. The highest BCUT2D eigenvalue weighted by Gasteiger charge is 2.20. The smallest absolute Gasteiger partial charge is 0.276 e. The topological polar surface area (TPSA) is 51.0 Å². The molecule has 2 aromatic rings. The molecule has 2 heterocycles. The van der Waals surface area contributed by atoms with Gasteiger partial charge in [0.2, 0.25) is 0 Å². The van der Waals surface area contributed by atoms with Crippen LogP contribution in [0, 0.1) is 0 Å². The van der Waals surface area contributed by atoms with E-state index in [-0.39, 0.29) is 5.91 Å². The Morgan fingerprint density at radius 1 is 1.09 bits per heavy atom. The van der Waals surface area contributed by atoms with Crippen molar-refractivity contribution in [1.82, 2.24) is 19.9 Å². The van der Waals surface area contributed by atoms with Crippen LogP contribution in [-0.4, -0.2) is 38.9 Å². The normalized spacial score (nSPS) is 15.0. The third-order valence-corrected chi connectivity index (χ3v) is 4.10. The second-order valence-corrected chi connectivity index (χ2v) is 5.81. The quantitative estimate of drug-likeness (QED) is 0.852. The summed E-state index contributed by atoms with van der Waals surface area (Å²) in [5.41, 5.74) is 1.80. The largest absolute Gasteiger partial charge is 0.337 e. The molecule has 0 N–H and O–H groups in total. The molecule has 5 heteroatoms. The van der Waals surface area contributed by atoms with Crippen molar-refractivity contribution in [2.24, 2.45) is 0 Å². The lowest BCUT2D eigenvalue weighted by Gasteiger charge is -2.25. The van der Waals surface area contributed by atoms with E-state index in [1.807, 2.05) is 11.0 Å². The highest BCUT2D eigenvalue weighted by atomic mass is 16.2. The van der Waals surface area contributed by atoms with Gasteiger partial charge in [-0.2, -0.15) is 0 Å². The fourth-order valence-electron chi connectivity index (χ4n) is 2.85. The Morgan fingerprint density at radius 2 is 1.86 bits per heavy atom. The molecule has 0 bridgehead atoms. The average Bonchev–Trinajstić information content (AvgIpc) is 3.05. The van der Waals surface area contributed by atoms with Gasteiger partial charge in [-0.05, 0) is 37.7 Å². The first-order chi connectivity index (χ1) is 10.8. The number of nitrogens with zero attached hydrogens (tertiary/aromatic N) is 4. The van der Waals surface area contributed by atoms with E-state index in [9.17, 15) is 4.79 Å². The predicted molar refractivity (Wildman–Crippen MR) is 84.5 cm³/mol. The van der Waals surface area contributed by atoms with E-state index in [2.05, 4.69) is 34.6 Å². The minimum atomic E-state index is 0.0222. The summed E-state index contributed by atoms with van der Waals surface area (Å²) in [5.74, 6) is 0.0222. The first-order valence-electron chi connectivity index (χ1n) is 8.06. The van der Waals surface area contributed by atoms with Gasteiger partial charge >= 0.3 is 0 Å². The van der Waals surface area contributed by atoms with Gasteiger partial charge in [0.15, 0.2) is 5.69 Å². The number of aromatic nitrogens is 3. The Kier molecular flexibility index (Phi) is 4.83. The van der Waals surface area contributed by atoms with E-state index in [1.54, 1.807) is 10.9 Å². The second-order valence-electron chi connectivity index (χ2n) is 5.81. The van der Waals surface area contributed by atoms with Crippen LogP contribution in [0.15, 0.2) is 36.5 Å². The van der Waals surface area contributed by atoms with Crippen LogP contribution < -0.4 is 0 Å². The molecule has 0 unspecified atom stereocenters. The maximum atomic E-state index is 12.3. The molecule has 0 atom stereocenters. The van der Waals surface area contributed by atoms with Crippen LogP contribution in [0.25, 0.3) is 0 Å². The molecule has 1 amide bonds. The van der Waals surface area contributed by atoms with Gasteiger partial charge in [0.05, 0.1) is 6.20 Å². The van der Waals surface area contributed by atoms with Crippen molar-refractivity contribution in [2.75, 3.05) is 13.1 Å². The molecule has 0 aliphatic carbocycles. The van der Waals surface area contributed by atoms with Crippen LogP contribution in [0.1, 0.15) is 41.7 Å². The number of carbonyl (C=O) groups excluding carboxylic acids is 1. The summed E-state index contributed by atoms with van der Waals surface area (Å²) >= 11 is 0. The summed E-state index contributed by atoms with van der Waals surface area (Å²) in [6.07, 6.45) is 7.19. The first-order valence-corrected chi connectivity index (χ1v) is 8.06. The lowest BCUT2D eigenvalue weighted by molar-refractivity contribution is 0.0718. The third kappa shape index (κ3) is 3.72. The van der Waals surface area contributed by atoms with E-state index >= 15 is 0 Å². The molecule has 1 aliphatic rings. The summed E-state index contributed by atoms with van der Waals surface area (Å²) in [4.78, 5) is 14.2. The average molecular weight is 298 g/mol. The summed E-state index contributed by atoms with van der Waals surface area (Å²) in [7, 11) is 0. The zero-order valence-electron chi connectivity index (χ0n) is 12.8.